The smallest absolute Gasteiger partial charge is 0.367 e. The van der Waals surface area contributed by atoms with E-state index < -0.39 is 30.0 Å². The SMILES string of the molecule is Cc1cc(C(F)(F)F)cc(NC(=O)N(C)[C@H]2CCN(c3cnc4[nH]ncc4c3)C[C@H]2F)n1. The molecule has 0 aromatic carbocycles. The van der Waals surface area contributed by atoms with Crippen LogP contribution in [0.25, 0.3) is 11.0 Å². The average molecular weight is 451 g/mol. The number of amides is 2. The first-order chi connectivity index (χ1) is 15.1. The van der Waals surface area contributed by atoms with E-state index in [9.17, 15) is 18.0 Å². The third kappa shape index (κ3) is 4.43. The van der Waals surface area contributed by atoms with E-state index in [0.717, 1.165) is 23.2 Å². The number of halogens is 4. The minimum atomic E-state index is -4.57. The highest BCUT2D eigenvalue weighted by molar-refractivity contribution is 5.88. The number of aromatic nitrogens is 4. The van der Waals surface area contributed by atoms with Gasteiger partial charge in [-0.2, -0.15) is 18.3 Å². The number of fused-ring (bicyclic) bond motifs is 1. The first-order valence-corrected chi connectivity index (χ1v) is 9.89. The molecule has 8 nitrogen and oxygen atoms in total. The number of hydrogen-bond acceptors (Lipinski definition) is 5. The predicted molar refractivity (Wildman–Crippen MR) is 110 cm³/mol. The lowest BCUT2D eigenvalue weighted by Crippen LogP contribution is -2.54. The first kappa shape index (κ1) is 21.8. The molecule has 1 aliphatic heterocycles. The van der Waals surface area contributed by atoms with Crippen LogP contribution in [0.3, 0.4) is 0 Å². The maximum absolute atomic E-state index is 15.0. The zero-order valence-corrected chi connectivity index (χ0v) is 17.3. The molecule has 0 unspecified atom stereocenters. The highest BCUT2D eigenvalue weighted by Crippen LogP contribution is 2.31. The Morgan fingerprint density at radius 2 is 2.06 bits per heavy atom. The lowest BCUT2D eigenvalue weighted by Gasteiger charge is -2.39. The van der Waals surface area contributed by atoms with Crippen molar-refractivity contribution in [1.29, 1.82) is 0 Å². The summed E-state index contributed by atoms with van der Waals surface area (Å²) < 4.78 is 54.1. The largest absolute Gasteiger partial charge is 0.416 e. The van der Waals surface area contributed by atoms with E-state index in [2.05, 4.69) is 25.5 Å². The van der Waals surface area contributed by atoms with Gasteiger partial charge in [-0.3, -0.25) is 10.4 Å². The number of carbonyl (C=O) groups is 1. The number of nitrogens with one attached hydrogen (secondary N) is 2. The van der Waals surface area contributed by atoms with E-state index in [1.165, 1.54) is 18.9 Å². The topological polar surface area (TPSA) is 90.0 Å². The van der Waals surface area contributed by atoms with Crippen LogP contribution in [0.2, 0.25) is 0 Å². The minimum absolute atomic E-state index is 0.0498. The van der Waals surface area contributed by atoms with E-state index in [1.54, 1.807) is 12.4 Å². The monoisotopic (exact) mass is 451 g/mol. The van der Waals surface area contributed by atoms with Crippen LogP contribution in [-0.2, 0) is 6.18 Å². The fourth-order valence-corrected chi connectivity index (χ4v) is 3.81. The zero-order chi connectivity index (χ0) is 23.0. The molecular formula is C20H21F4N7O. The molecule has 0 bridgehead atoms. The quantitative estimate of drug-likeness (QED) is 0.592. The van der Waals surface area contributed by atoms with Crippen molar-refractivity contribution < 1.29 is 22.4 Å². The molecule has 170 valence electrons. The Hall–Kier alpha value is -3.44. The molecule has 1 saturated heterocycles. The van der Waals surface area contributed by atoms with Crippen molar-refractivity contribution >= 4 is 28.6 Å². The normalized spacial score (nSPS) is 19.2. The number of carbonyl (C=O) groups excluding carboxylic acids is 1. The molecule has 2 N–H and O–H groups in total. The summed E-state index contributed by atoms with van der Waals surface area (Å²) >= 11 is 0. The standard InChI is InChI=1S/C20H21F4N7O/c1-11-5-13(20(22,23)24)7-17(27-11)28-19(32)30(2)16-3-4-31(10-15(16)21)14-6-12-8-26-29-18(12)25-9-14/h5-9,15-16H,3-4,10H2,1-2H3,(H,25,26,29)(H,27,28,32)/t15-,16+/m1/s1. The molecule has 2 amide bonds. The zero-order valence-electron chi connectivity index (χ0n) is 17.3. The van der Waals surface area contributed by atoms with Crippen LogP contribution in [0.15, 0.2) is 30.6 Å². The van der Waals surface area contributed by atoms with E-state index in [0.29, 0.717) is 18.6 Å². The molecule has 12 heteroatoms. The molecule has 0 saturated carbocycles. The predicted octanol–water partition coefficient (Wildman–Crippen LogP) is 3.76. The minimum Gasteiger partial charge on any atom is -0.367 e. The molecule has 2 atom stereocenters. The van der Waals surface area contributed by atoms with Crippen molar-refractivity contribution in [3.8, 4) is 0 Å². The lowest BCUT2D eigenvalue weighted by molar-refractivity contribution is -0.137. The molecule has 0 aliphatic carbocycles. The van der Waals surface area contributed by atoms with Crippen LogP contribution in [0.5, 0.6) is 0 Å². The van der Waals surface area contributed by atoms with Gasteiger partial charge in [-0.15, -0.1) is 0 Å². The maximum atomic E-state index is 15.0. The van der Waals surface area contributed by atoms with Gasteiger partial charge in [0.05, 0.1) is 36.2 Å². The van der Waals surface area contributed by atoms with Crippen LogP contribution in [-0.4, -0.2) is 63.4 Å². The number of aromatic amines is 1. The fourth-order valence-electron chi connectivity index (χ4n) is 3.81. The number of hydrogen-bond donors (Lipinski definition) is 2. The highest BCUT2D eigenvalue weighted by atomic mass is 19.4. The van der Waals surface area contributed by atoms with Crippen molar-refractivity contribution in [3.05, 3.63) is 41.9 Å². The number of rotatable bonds is 3. The van der Waals surface area contributed by atoms with Crippen molar-refractivity contribution in [1.82, 2.24) is 25.1 Å². The Bertz CT molecular complexity index is 1130. The van der Waals surface area contributed by atoms with Gasteiger partial charge in [-0.25, -0.2) is 19.2 Å². The Kier molecular flexibility index (Phi) is 5.61. The molecule has 0 radical (unpaired) electrons. The van der Waals surface area contributed by atoms with Crippen molar-refractivity contribution in [2.75, 3.05) is 30.4 Å². The Labute approximate surface area is 180 Å². The van der Waals surface area contributed by atoms with Gasteiger partial charge in [-0.05, 0) is 31.5 Å². The average Bonchev–Trinajstić information content (AvgIpc) is 3.20. The second kappa shape index (κ2) is 8.24. The van der Waals surface area contributed by atoms with Crippen LogP contribution in [0, 0.1) is 6.92 Å². The number of piperidine rings is 1. The molecular weight excluding hydrogens is 430 g/mol. The third-order valence-corrected chi connectivity index (χ3v) is 5.48. The number of alkyl halides is 4. The van der Waals surface area contributed by atoms with Gasteiger partial charge in [0.2, 0.25) is 0 Å². The van der Waals surface area contributed by atoms with Gasteiger partial charge in [0.25, 0.3) is 0 Å². The molecule has 4 rings (SSSR count). The number of urea groups is 1. The van der Waals surface area contributed by atoms with Gasteiger partial charge < -0.3 is 9.80 Å². The summed E-state index contributed by atoms with van der Waals surface area (Å²) in [5, 5.41) is 9.83. The molecule has 3 aromatic heterocycles. The summed E-state index contributed by atoms with van der Waals surface area (Å²) in [5.41, 5.74) is 0.575. The Morgan fingerprint density at radius 1 is 1.28 bits per heavy atom. The molecule has 1 fully saturated rings. The number of H-pyrrole nitrogens is 1. The van der Waals surface area contributed by atoms with Crippen molar-refractivity contribution in [2.45, 2.75) is 31.7 Å². The first-order valence-electron chi connectivity index (χ1n) is 9.89. The summed E-state index contributed by atoms with van der Waals surface area (Å²) in [6.45, 7) is 1.93. The highest BCUT2D eigenvalue weighted by Gasteiger charge is 2.35. The van der Waals surface area contributed by atoms with Crippen molar-refractivity contribution in [3.63, 3.8) is 0 Å². The Balaban J connectivity index is 1.42. The summed E-state index contributed by atoms with van der Waals surface area (Å²) in [7, 11) is 1.42. The number of pyridine rings is 2. The van der Waals surface area contributed by atoms with Crippen LogP contribution < -0.4 is 10.2 Å². The van der Waals surface area contributed by atoms with E-state index in [4.69, 9.17) is 0 Å². The molecule has 3 aromatic rings. The van der Waals surface area contributed by atoms with Gasteiger partial charge >= 0.3 is 12.2 Å². The molecule has 4 heterocycles. The summed E-state index contributed by atoms with van der Waals surface area (Å²) in [4.78, 5) is 23.8. The number of aryl methyl sites for hydroxylation is 1. The van der Waals surface area contributed by atoms with Crippen molar-refractivity contribution in [2.24, 2.45) is 0 Å². The Morgan fingerprint density at radius 3 is 2.78 bits per heavy atom. The lowest BCUT2D eigenvalue weighted by atomic mass is 10.0. The van der Waals surface area contributed by atoms with Gasteiger partial charge in [0, 0.05) is 24.7 Å². The molecule has 0 spiro atoms. The summed E-state index contributed by atoms with van der Waals surface area (Å²) in [6.07, 6.45) is -2.33. The van der Waals surface area contributed by atoms with Crippen LogP contribution in [0.1, 0.15) is 17.7 Å². The third-order valence-electron chi connectivity index (χ3n) is 5.48. The molecule has 1 aliphatic rings. The van der Waals surface area contributed by atoms with Gasteiger partial charge in [0.1, 0.15) is 12.0 Å². The second-order valence-corrected chi connectivity index (χ2v) is 7.74. The fraction of sp³-hybridized carbons (Fsp3) is 0.400. The summed E-state index contributed by atoms with van der Waals surface area (Å²) in [6, 6.07) is 2.05. The van der Waals surface area contributed by atoms with E-state index >= 15 is 4.39 Å². The molecule has 32 heavy (non-hydrogen) atoms. The van der Waals surface area contributed by atoms with E-state index in [1.807, 2.05) is 11.0 Å². The van der Waals surface area contributed by atoms with Gasteiger partial charge in [-0.1, -0.05) is 0 Å². The van der Waals surface area contributed by atoms with E-state index in [-0.39, 0.29) is 18.1 Å². The van der Waals surface area contributed by atoms with Crippen LogP contribution >= 0.6 is 0 Å². The summed E-state index contributed by atoms with van der Waals surface area (Å²) in [5.74, 6) is -0.235. The van der Waals surface area contributed by atoms with Gasteiger partial charge in [0.15, 0.2) is 5.65 Å². The second-order valence-electron chi connectivity index (χ2n) is 7.74. The van der Waals surface area contributed by atoms with Crippen LogP contribution in [0.4, 0.5) is 33.9 Å². The number of anilines is 2. The maximum Gasteiger partial charge on any atom is 0.416 e. The number of nitrogens with zero attached hydrogens (tertiary/aromatic N) is 5.